The van der Waals surface area contributed by atoms with E-state index in [9.17, 15) is 9.59 Å². The fourth-order valence-corrected chi connectivity index (χ4v) is 2.53. The highest BCUT2D eigenvalue weighted by molar-refractivity contribution is 5.97. The number of nitrogens with one attached hydrogen (secondary N) is 2. The zero-order valence-electron chi connectivity index (χ0n) is 15.5. The Balaban J connectivity index is 0.00000338. The van der Waals surface area contributed by atoms with Gasteiger partial charge in [-0.25, -0.2) is 4.98 Å². The smallest absolute Gasteiger partial charge is 0.270 e. The van der Waals surface area contributed by atoms with Gasteiger partial charge in [0, 0.05) is 40.8 Å². The van der Waals surface area contributed by atoms with Gasteiger partial charge in [0.2, 0.25) is 0 Å². The molecule has 0 bridgehead atoms. The van der Waals surface area contributed by atoms with Crippen molar-refractivity contribution in [2.45, 2.75) is 26.8 Å². The predicted molar refractivity (Wildman–Crippen MR) is 103 cm³/mol. The van der Waals surface area contributed by atoms with Crippen molar-refractivity contribution in [1.29, 1.82) is 0 Å². The van der Waals surface area contributed by atoms with Gasteiger partial charge in [-0.3, -0.25) is 9.59 Å². The Morgan fingerprint density at radius 3 is 2.32 bits per heavy atom. The third-order valence-electron chi connectivity index (χ3n) is 4.36. The van der Waals surface area contributed by atoms with E-state index in [4.69, 9.17) is 0 Å². The summed E-state index contributed by atoms with van der Waals surface area (Å²) in [6.07, 6.45) is 1.96. The molecule has 1 aliphatic heterocycles. The number of aromatic nitrogens is 1. The maximum Gasteiger partial charge on any atom is 0.270 e. The minimum Gasteiger partial charge on any atom is -0.370 e. The average Bonchev–Trinajstić information content (AvgIpc) is 2.91. The fourth-order valence-electron chi connectivity index (χ4n) is 2.53. The highest BCUT2D eigenvalue weighted by Crippen LogP contribution is 2.27. The van der Waals surface area contributed by atoms with E-state index in [-0.39, 0.29) is 32.1 Å². The molecule has 0 spiro atoms. The summed E-state index contributed by atoms with van der Waals surface area (Å²) in [5.74, 6) is -0.307. The van der Waals surface area contributed by atoms with Crippen LogP contribution in [-0.4, -0.2) is 48.4 Å². The highest BCUT2D eigenvalue weighted by Gasteiger charge is 2.21. The lowest BCUT2D eigenvalue weighted by molar-refractivity contribution is 0.0925. The van der Waals surface area contributed by atoms with Crippen LogP contribution in [0.1, 0.15) is 50.2 Å². The van der Waals surface area contributed by atoms with Gasteiger partial charge in [-0.1, -0.05) is 20.4 Å². The number of likely N-dealkylation sites (N-methyl/N-ethyl adjacent to an activating group) is 1. The Morgan fingerprint density at radius 2 is 1.84 bits per heavy atom. The molecular formula is C19H30N4O2. The summed E-state index contributed by atoms with van der Waals surface area (Å²) in [7, 11) is 3.49. The molecule has 1 atom stereocenters. The van der Waals surface area contributed by atoms with E-state index in [0.29, 0.717) is 5.92 Å². The molecule has 0 radical (unpaired) electrons. The van der Waals surface area contributed by atoms with Crippen molar-refractivity contribution in [2.75, 3.05) is 20.6 Å². The quantitative estimate of drug-likeness (QED) is 0.859. The molecular weight excluding hydrogens is 316 g/mol. The summed E-state index contributed by atoms with van der Waals surface area (Å²) in [5.41, 5.74) is 3.13. The van der Waals surface area contributed by atoms with Crippen LogP contribution in [0.4, 0.5) is 0 Å². The molecule has 6 heteroatoms. The molecule has 25 heavy (non-hydrogen) atoms. The van der Waals surface area contributed by atoms with Gasteiger partial charge < -0.3 is 15.5 Å². The molecule has 0 aliphatic carbocycles. The first-order chi connectivity index (χ1) is 11.7. The van der Waals surface area contributed by atoms with Crippen LogP contribution in [0.5, 0.6) is 0 Å². The molecule has 6 nitrogen and oxygen atoms in total. The molecule has 0 saturated heterocycles. The van der Waals surface area contributed by atoms with Gasteiger partial charge in [0.1, 0.15) is 11.4 Å². The van der Waals surface area contributed by atoms with E-state index >= 15 is 0 Å². The van der Waals surface area contributed by atoms with Crippen molar-refractivity contribution >= 4 is 17.5 Å². The lowest BCUT2D eigenvalue weighted by atomic mass is 10.1. The summed E-state index contributed by atoms with van der Waals surface area (Å²) < 4.78 is 0. The monoisotopic (exact) mass is 346 g/mol. The first kappa shape index (κ1) is 18.7. The molecule has 2 rings (SSSR count). The van der Waals surface area contributed by atoms with E-state index in [1.165, 1.54) is 0 Å². The van der Waals surface area contributed by atoms with Gasteiger partial charge in [-0.15, -0.1) is 0 Å². The second-order valence-corrected chi connectivity index (χ2v) is 6.76. The second-order valence-electron chi connectivity index (χ2n) is 6.76. The third-order valence-corrected chi connectivity index (χ3v) is 4.36. The Bertz CT molecular complexity index is 747. The van der Waals surface area contributed by atoms with Gasteiger partial charge in [-0.05, 0) is 36.6 Å². The number of carbonyl (C=O) groups excluding carboxylic acids is 2. The SMILES string of the molecule is C=C1C=C(c2cc(C(=O)NC)nc(C(=O)N[C@H](C)C(C)C)c2)N(C)C1.[HH].[HH]. The molecule has 1 aromatic rings. The third kappa shape index (κ3) is 4.26. The maximum absolute atomic E-state index is 12.6. The predicted octanol–water partition coefficient (Wildman–Crippen LogP) is 2.55. The standard InChI is InChI=1S/C19H26N4O2.2H2/c1-11(2)13(4)21-19(25)16-9-14(8-15(22-16)18(24)20-5)17-7-12(3)10-23(17)6;;/h7-9,11,13H,3,10H2,1-2,4-6H3,(H,20,24)(H,21,25);2*1H/t13-;;/m1../s1. The average molecular weight is 346 g/mol. The minimum absolute atomic E-state index is 0. The lowest BCUT2D eigenvalue weighted by Crippen LogP contribution is -2.37. The van der Waals surface area contributed by atoms with Crippen LogP contribution in [0.15, 0.2) is 30.4 Å². The van der Waals surface area contributed by atoms with Crippen LogP contribution in [0.2, 0.25) is 0 Å². The van der Waals surface area contributed by atoms with Crippen LogP contribution in [0.3, 0.4) is 0 Å². The van der Waals surface area contributed by atoms with E-state index in [2.05, 4.69) is 22.2 Å². The van der Waals surface area contributed by atoms with Crippen molar-refractivity contribution in [3.63, 3.8) is 0 Å². The number of nitrogens with zero attached hydrogens (tertiary/aromatic N) is 2. The van der Waals surface area contributed by atoms with Gasteiger partial charge >= 0.3 is 0 Å². The minimum atomic E-state index is -0.326. The first-order valence-corrected chi connectivity index (χ1v) is 8.39. The van der Waals surface area contributed by atoms with Crippen LogP contribution in [0, 0.1) is 5.92 Å². The fraction of sp³-hybridized carbons (Fsp3) is 0.421. The van der Waals surface area contributed by atoms with Crippen LogP contribution in [0.25, 0.3) is 5.70 Å². The van der Waals surface area contributed by atoms with Crippen LogP contribution < -0.4 is 10.6 Å². The first-order valence-electron chi connectivity index (χ1n) is 8.39. The normalized spacial score (nSPS) is 15.2. The number of amides is 2. The lowest BCUT2D eigenvalue weighted by Gasteiger charge is -2.19. The largest absolute Gasteiger partial charge is 0.370 e. The van der Waals surface area contributed by atoms with Crippen molar-refractivity contribution in [3.05, 3.63) is 47.3 Å². The van der Waals surface area contributed by atoms with Crippen molar-refractivity contribution < 1.29 is 12.4 Å². The Morgan fingerprint density at radius 1 is 1.24 bits per heavy atom. The molecule has 138 valence electrons. The van der Waals surface area contributed by atoms with Gasteiger partial charge in [0.05, 0.1) is 0 Å². The highest BCUT2D eigenvalue weighted by atomic mass is 16.2. The van der Waals surface area contributed by atoms with E-state index in [1.54, 1.807) is 19.2 Å². The summed E-state index contributed by atoms with van der Waals surface area (Å²) in [4.78, 5) is 30.9. The summed E-state index contributed by atoms with van der Waals surface area (Å²) in [5, 5.41) is 5.49. The Labute approximate surface area is 152 Å². The summed E-state index contributed by atoms with van der Waals surface area (Å²) in [6.45, 7) is 10.7. The van der Waals surface area contributed by atoms with Crippen molar-refractivity contribution in [1.82, 2.24) is 20.5 Å². The zero-order valence-corrected chi connectivity index (χ0v) is 15.5. The topological polar surface area (TPSA) is 74.3 Å². The molecule has 0 saturated carbocycles. The van der Waals surface area contributed by atoms with E-state index < -0.39 is 0 Å². The van der Waals surface area contributed by atoms with E-state index in [0.717, 1.165) is 23.4 Å². The summed E-state index contributed by atoms with van der Waals surface area (Å²) >= 11 is 0. The Hall–Kier alpha value is -2.63. The van der Waals surface area contributed by atoms with Crippen molar-refractivity contribution in [3.8, 4) is 0 Å². The number of carbonyl (C=O) groups is 2. The molecule has 1 aliphatic rings. The molecule has 2 N–H and O–H groups in total. The van der Waals surface area contributed by atoms with Crippen LogP contribution >= 0.6 is 0 Å². The number of hydrogen-bond acceptors (Lipinski definition) is 4. The number of rotatable bonds is 5. The van der Waals surface area contributed by atoms with Gasteiger partial charge in [-0.2, -0.15) is 0 Å². The molecule has 2 amide bonds. The van der Waals surface area contributed by atoms with Gasteiger partial charge in [0.15, 0.2) is 0 Å². The maximum atomic E-state index is 12.6. The summed E-state index contributed by atoms with van der Waals surface area (Å²) in [6, 6.07) is 3.42. The number of hydrogen-bond donors (Lipinski definition) is 2. The molecule has 1 aromatic heterocycles. The zero-order chi connectivity index (χ0) is 18.7. The molecule has 0 fully saturated rings. The molecule has 2 heterocycles. The Kier molecular flexibility index (Phi) is 5.62. The van der Waals surface area contributed by atoms with Gasteiger partial charge in [0.25, 0.3) is 11.8 Å². The second kappa shape index (κ2) is 7.51. The van der Waals surface area contributed by atoms with Crippen LogP contribution in [-0.2, 0) is 0 Å². The molecule has 0 unspecified atom stereocenters. The number of pyridine rings is 1. The van der Waals surface area contributed by atoms with Crippen molar-refractivity contribution in [2.24, 2.45) is 5.92 Å². The van der Waals surface area contributed by atoms with E-state index in [1.807, 2.05) is 38.8 Å². The molecule has 0 aromatic carbocycles.